The maximum Gasteiger partial charge on any atom is 0.181 e. The van der Waals surface area contributed by atoms with Gasteiger partial charge in [-0.2, -0.15) is 0 Å². The molecule has 2 rings (SSSR count). The van der Waals surface area contributed by atoms with E-state index in [1.54, 1.807) is 0 Å². The molecule has 1 heterocycles. The van der Waals surface area contributed by atoms with Gasteiger partial charge < -0.3 is 9.32 Å². The summed E-state index contributed by atoms with van der Waals surface area (Å²) in [6.45, 7) is 0.948. The minimum absolute atomic E-state index is 0.689. The molecule has 3 nitrogen and oxygen atoms in total. The van der Waals surface area contributed by atoms with E-state index in [0.717, 1.165) is 29.8 Å². The molecular weight excluding hydrogens is 212 g/mol. The SMILES string of the molecule is CN(CCCCl)c1ccc2ncoc2c1. The Kier molecular flexibility index (Phi) is 3.11. The maximum absolute atomic E-state index is 5.66. The summed E-state index contributed by atoms with van der Waals surface area (Å²) in [5.74, 6) is 0.689. The number of rotatable bonds is 4. The zero-order valence-corrected chi connectivity index (χ0v) is 9.37. The molecule has 4 heteroatoms. The summed E-state index contributed by atoms with van der Waals surface area (Å²) >= 11 is 5.66. The van der Waals surface area contributed by atoms with Gasteiger partial charge in [0.1, 0.15) is 5.52 Å². The molecule has 0 unspecified atom stereocenters. The average molecular weight is 225 g/mol. The molecule has 0 aliphatic carbocycles. The molecule has 0 radical (unpaired) electrons. The van der Waals surface area contributed by atoms with E-state index in [4.69, 9.17) is 16.0 Å². The minimum atomic E-state index is 0.689. The number of oxazole rings is 1. The van der Waals surface area contributed by atoms with Crippen LogP contribution in [0.4, 0.5) is 5.69 Å². The molecule has 0 spiro atoms. The summed E-state index contributed by atoms with van der Waals surface area (Å²) in [7, 11) is 2.05. The summed E-state index contributed by atoms with van der Waals surface area (Å²) in [5.41, 5.74) is 2.85. The van der Waals surface area contributed by atoms with Crippen LogP contribution >= 0.6 is 11.6 Å². The zero-order valence-electron chi connectivity index (χ0n) is 8.61. The van der Waals surface area contributed by atoms with Crippen LogP contribution in [0.3, 0.4) is 0 Å². The lowest BCUT2D eigenvalue weighted by Gasteiger charge is -2.18. The smallest absolute Gasteiger partial charge is 0.181 e. The highest BCUT2D eigenvalue weighted by Gasteiger charge is 2.03. The molecule has 0 aliphatic rings. The number of alkyl halides is 1. The number of hydrogen-bond donors (Lipinski definition) is 0. The summed E-state index contributed by atoms with van der Waals surface area (Å²) < 4.78 is 5.25. The first-order chi connectivity index (χ1) is 7.31. The zero-order chi connectivity index (χ0) is 10.7. The number of hydrogen-bond acceptors (Lipinski definition) is 3. The van der Waals surface area contributed by atoms with Crippen LogP contribution in [0, 0.1) is 0 Å². The topological polar surface area (TPSA) is 29.3 Å². The van der Waals surface area contributed by atoms with E-state index in [9.17, 15) is 0 Å². The summed E-state index contributed by atoms with van der Waals surface area (Å²) in [5, 5.41) is 0. The van der Waals surface area contributed by atoms with Crippen molar-refractivity contribution in [3.63, 3.8) is 0 Å². The molecule has 0 amide bonds. The van der Waals surface area contributed by atoms with Crippen LogP contribution in [0.5, 0.6) is 0 Å². The van der Waals surface area contributed by atoms with Crippen molar-refractivity contribution in [3.8, 4) is 0 Å². The third-order valence-corrected chi connectivity index (χ3v) is 2.65. The number of halogens is 1. The van der Waals surface area contributed by atoms with Gasteiger partial charge in [0.25, 0.3) is 0 Å². The van der Waals surface area contributed by atoms with Crippen molar-refractivity contribution in [3.05, 3.63) is 24.6 Å². The Bertz CT molecular complexity index is 441. The predicted octanol–water partition coefficient (Wildman–Crippen LogP) is 2.89. The summed E-state index contributed by atoms with van der Waals surface area (Å²) in [6, 6.07) is 6.00. The van der Waals surface area contributed by atoms with E-state index in [0.29, 0.717) is 5.88 Å². The quantitative estimate of drug-likeness (QED) is 0.748. The van der Waals surface area contributed by atoms with E-state index in [1.165, 1.54) is 6.39 Å². The number of nitrogens with zero attached hydrogens (tertiary/aromatic N) is 2. The van der Waals surface area contributed by atoms with Crippen molar-refractivity contribution >= 4 is 28.4 Å². The van der Waals surface area contributed by atoms with Crippen molar-refractivity contribution in [2.24, 2.45) is 0 Å². The number of fused-ring (bicyclic) bond motifs is 1. The number of benzene rings is 1. The molecule has 0 aliphatic heterocycles. The third kappa shape index (κ3) is 2.23. The van der Waals surface area contributed by atoms with Crippen molar-refractivity contribution in [2.45, 2.75) is 6.42 Å². The Balaban J connectivity index is 2.19. The van der Waals surface area contributed by atoms with Gasteiger partial charge in [0.05, 0.1) is 0 Å². The van der Waals surface area contributed by atoms with E-state index >= 15 is 0 Å². The van der Waals surface area contributed by atoms with Gasteiger partial charge in [-0.15, -0.1) is 11.6 Å². The van der Waals surface area contributed by atoms with Crippen LogP contribution in [0.15, 0.2) is 29.0 Å². The lowest BCUT2D eigenvalue weighted by atomic mass is 10.2. The Morgan fingerprint density at radius 3 is 3.13 bits per heavy atom. The van der Waals surface area contributed by atoms with Crippen LogP contribution < -0.4 is 4.90 Å². The number of aromatic nitrogens is 1. The molecule has 15 heavy (non-hydrogen) atoms. The van der Waals surface area contributed by atoms with Crippen molar-refractivity contribution in [1.29, 1.82) is 0 Å². The highest BCUT2D eigenvalue weighted by atomic mass is 35.5. The first-order valence-electron chi connectivity index (χ1n) is 4.91. The second kappa shape index (κ2) is 4.53. The standard InChI is InChI=1S/C11H13ClN2O/c1-14(6-2-5-12)9-3-4-10-11(7-9)15-8-13-10/h3-4,7-8H,2,5-6H2,1H3. The molecule has 0 fully saturated rings. The van der Waals surface area contributed by atoms with Gasteiger partial charge in [-0.3, -0.25) is 0 Å². The Morgan fingerprint density at radius 2 is 2.33 bits per heavy atom. The lowest BCUT2D eigenvalue weighted by Crippen LogP contribution is -2.18. The van der Waals surface area contributed by atoms with E-state index in [-0.39, 0.29) is 0 Å². The third-order valence-electron chi connectivity index (χ3n) is 2.38. The van der Waals surface area contributed by atoms with Gasteiger partial charge in [0, 0.05) is 31.2 Å². The molecular formula is C11H13ClN2O. The average Bonchev–Trinajstić information content (AvgIpc) is 2.72. The first kappa shape index (κ1) is 10.3. The van der Waals surface area contributed by atoms with Gasteiger partial charge in [-0.05, 0) is 18.6 Å². The van der Waals surface area contributed by atoms with Crippen molar-refractivity contribution in [2.75, 3.05) is 24.4 Å². The normalized spacial score (nSPS) is 10.8. The molecule has 0 saturated carbocycles. The number of anilines is 1. The first-order valence-corrected chi connectivity index (χ1v) is 5.45. The fraction of sp³-hybridized carbons (Fsp3) is 0.364. The highest BCUT2D eigenvalue weighted by molar-refractivity contribution is 6.17. The van der Waals surface area contributed by atoms with Crippen LogP contribution in [0.25, 0.3) is 11.1 Å². The molecule has 1 aromatic heterocycles. The fourth-order valence-electron chi connectivity index (χ4n) is 1.51. The summed E-state index contributed by atoms with van der Waals surface area (Å²) in [4.78, 5) is 6.23. The predicted molar refractivity (Wildman–Crippen MR) is 62.6 cm³/mol. The molecule has 0 atom stereocenters. The van der Waals surface area contributed by atoms with E-state index < -0.39 is 0 Å². The summed E-state index contributed by atoms with van der Waals surface area (Å²) in [6.07, 6.45) is 2.44. The maximum atomic E-state index is 5.66. The second-order valence-corrected chi connectivity index (χ2v) is 3.85. The monoisotopic (exact) mass is 224 g/mol. The Hall–Kier alpha value is -1.22. The Labute approximate surface area is 93.6 Å². The van der Waals surface area contributed by atoms with Crippen molar-refractivity contribution < 1.29 is 4.42 Å². The minimum Gasteiger partial charge on any atom is -0.443 e. The van der Waals surface area contributed by atoms with Crippen LogP contribution in [-0.2, 0) is 0 Å². The van der Waals surface area contributed by atoms with Gasteiger partial charge in [0.2, 0.25) is 0 Å². The molecule has 1 aromatic carbocycles. The van der Waals surface area contributed by atoms with Gasteiger partial charge in [-0.25, -0.2) is 4.98 Å². The largest absolute Gasteiger partial charge is 0.443 e. The van der Waals surface area contributed by atoms with Gasteiger partial charge in [-0.1, -0.05) is 0 Å². The molecule has 0 bridgehead atoms. The highest BCUT2D eigenvalue weighted by Crippen LogP contribution is 2.20. The van der Waals surface area contributed by atoms with Crippen LogP contribution in [-0.4, -0.2) is 24.5 Å². The lowest BCUT2D eigenvalue weighted by molar-refractivity contribution is 0.602. The fourth-order valence-corrected chi connectivity index (χ4v) is 1.63. The van der Waals surface area contributed by atoms with Crippen LogP contribution in [0.2, 0.25) is 0 Å². The van der Waals surface area contributed by atoms with Gasteiger partial charge >= 0.3 is 0 Å². The molecule has 80 valence electrons. The molecule has 0 N–H and O–H groups in total. The van der Waals surface area contributed by atoms with Gasteiger partial charge in [0.15, 0.2) is 12.0 Å². The Morgan fingerprint density at radius 1 is 1.47 bits per heavy atom. The van der Waals surface area contributed by atoms with Crippen molar-refractivity contribution in [1.82, 2.24) is 4.98 Å². The molecule has 0 saturated heterocycles. The molecule has 2 aromatic rings. The van der Waals surface area contributed by atoms with Crippen LogP contribution in [0.1, 0.15) is 6.42 Å². The van der Waals surface area contributed by atoms with E-state index in [2.05, 4.69) is 9.88 Å². The van der Waals surface area contributed by atoms with E-state index in [1.807, 2.05) is 25.2 Å². The second-order valence-electron chi connectivity index (χ2n) is 3.47.